The van der Waals surface area contributed by atoms with Crippen molar-refractivity contribution < 1.29 is 23.1 Å². The second kappa shape index (κ2) is 8.00. The van der Waals surface area contributed by atoms with Crippen molar-refractivity contribution in [1.29, 1.82) is 0 Å². The quantitative estimate of drug-likeness (QED) is 0.705. The van der Waals surface area contributed by atoms with Gasteiger partial charge in [-0.3, -0.25) is 4.79 Å². The summed E-state index contributed by atoms with van der Waals surface area (Å²) < 4.78 is 35.1. The van der Waals surface area contributed by atoms with E-state index in [1.54, 1.807) is 6.92 Å². The third-order valence-corrected chi connectivity index (χ3v) is 6.64. The fraction of sp³-hybridized carbons (Fsp3) is 0.364. The molecule has 3 amide bonds. The fourth-order valence-corrected chi connectivity index (χ4v) is 5.00. The van der Waals surface area contributed by atoms with Crippen LogP contribution in [-0.4, -0.2) is 42.1 Å². The lowest BCUT2D eigenvalue weighted by atomic mass is 9.68. The molecular formula is C22H22ClF2N3O3. The first-order valence-corrected chi connectivity index (χ1v) is 10.3. The van der Waals surface area contributed by atoms with Crippen molar-refractivity contribution in [3.8, 4) is 5.75 Å². The molecule has 3 N–H and O–H groups in total. The van der Waals surface area contributed by atoms with E-state index in [4.69, 9.17) is 22.1 Å². The van der Waals surface area contributed by atoms with Crippen LogP contribution in [0.4, 0.5) is 13.6 Å². The van der Waals surface area contributed by atoms with Gasteiger partial charge in [-0.05, 0) is 36.6 Å². The zero-order valence-corrected chi connectivity index (χ0v) is 17.6. The van der Waals surface area contributed by atoms with E-state index in [9.17, 15) is 14.0 Å². The minimum Gasteiger partial charge on any atom is -0.493 e. The number of amides is 3. The van der Waals surface area contributed by atoms with Crippen LogP contribution in [0.3, 0.4) is 0 Å². The Morgan fingerprint density at radius 1 is 1.32 bits per heavy atom. The first kappa shape index (κ1) is 21.4. The highest BCUT2D eigenvalue weighted by Crippen LogP contribution is 2.46. The van der Waals surface area contributed by atoms with Crippen molar-refractivity contribution in [1.82, 2.24) is 10.2 Å². The number of rotatable bonds is 3. The number of nitrogens with two attached hydrogens (primary N) is 1. The maximum absolute atomic E-state index is 15.3. The average molecular weight is 450 g/mol. The van der Waals surface area contributed by atoms with Gasteiger partial charge in [0.15, 0.2) is 0 Å². The number of hydrogen-bond donors (Lipinski definition) is 2. The molecule has 0 aliphatic carbocycles. The highest BCUT2D eigenvalue weighted by atomic mass is 35.5. The summed E-state index contributed by atoms with van der Waals surface area (Å²) in [6.07, 6.45) is 0.463. The summed E-state index contributed by atoms with van der Waals surface area (Å²) in [6, 6.07) is 8.97. The van der Waals surface area contributed by atoms with Gasteiger partial charge in [0, 0.05) is 24.9 Å². The maximum Gasteiger partial charge on any atom is 0.315 e. The summed E-state index contributed by atoms with van der Waals surface area (Å²) in [7, 11) is 0. The molecule has 2 heterocycles. The summed E-state index contributed by atoms with van der Waals surface area (Å²) in [4.78, 5) is 26.7. The zero-order chi connectivity index (χ0) is 22.3. The van der Waals surface area contributed by atoms with E-state index >= 15 is 4.39 Å². The van der Waals surface area contributed by atoms with Crippen molar-refractivity contribution >= 4 is 23.5 Å². The first-order valence-electron chi connectivity index (χ1n) is 9.94. The number of carbonyl (C=O) groups excluding carboxylic acids is 2. The number of primary amides is 1. The molecule has 4 rings (SSSR count). The highest BCUT2D eigenvalue weighted by molar-refractivity contribution is 6.31. The lowest BCUT2D eigenvalue weighted by Crippen LogP contribution is -2.69. The number of nitrogens with zero attached hydrogens (tertiary/aromatic N) is 1. The molecule has 2 aliphatic rings. The van der Waals surface area contributed by atoms with Gasteiger partial charge in [0.25, 0.3) is 0 Å². The predicted molar refractivity (Wildman–Crippen MR) is 111 cm³/mol. The number of ether oxygens (including phenoxy) is 1. The Labute approximate surface area is 183 Å². The second-order valence-electron chi connectivity index (χ2n) is 8.02. The third-order valence-electron chi connectivity index (χ3n) is 6.29. The van der Waals surface area contributed by atoms with Crippen LogP contribution in [0.25, 0.3) is 0 Å². The molecule has 164 valence electrons. The number of urea groups is 1. The lowest BCUT2D eigenvalue weighted by Gasteiger charge is -2.50. The Hall–Kier alpha value is -2.87. The number of carbonyl (C=O) groups is 2. The number of fused-ring (bicyclic) bond motifs is 1. The Morgan fingerprint density at radius 2 is 2.06 bits per heavy atom. The topological polar surface area (TPSA) is 84.7 Å². The van der Waals surface area contributed by atoms with Crippen molar-refractivity contribution in [2.75, 3.05) is 19.7 Å². The van der Waals surface area contributed by atoms with Gasteiger partial charge in [-0.2, -0.15) is 0 Å². The monoisotopic (exact) mass is 449 g/mol. The Kier molecular flexibility index (Phi) is 5.51. The van der Waals surface area contributed by atoms with E-state index in [1.165, 1.54) is 11.0 Å². The van der Waals surface area contributed by atoms with E-state index in [0.717, 1.165) is 11.6 Å². The van der Waals surface area contributed by atoms with Gasteiger partial charge in [-0.25, -0.2) is 13.6 Å². The van der Waals surface area contributed by atoms with Crippen LogP contribution in [0.1, 0.15) is 24.0 Å². The molecule has 9 heteroatoms. The van der Waals surface area contributed by atoms with Crippen LogP contribution in [0.5, 0.6) is 5.75 Å². The van der Waals surface area contributed by atoms with Crippen LogP contribution in [0, 0.1) is 17.6 Å². The number of piperazine rings is 1. The molecule has 0 spiro atoms. The van der Waals surface area contributed by atoms with Crippen LogP contribution in [0.2, 0.25) is 5.02 Å². The highest BCUT2D eigenvalue weighted by Gasteiger charge is 2.54. The molecule has 3 atom stereocenters. The van der Waals surface area contributed by atoms with Crippen molar-refractivity contribution in [2.24, 2.45) is 11.7 Å². The van der Waals surface area contributed by atoms with Crippen LogP contribution in [0.15, 0.2) is 36.4 Å². The fourth-order valence-electron chi connectivity index (χ4n) is 4.83. The molecule has 0 bridgehead atoms. The molecule has 2 aromatic carbocycles. The zero-order valence-electron chi connectivity index (χ0n) is 16.8. The molecule has 1 saturated heterocycles. The average Bonchev–Trinajstić information content (AvgIpc) is 2.75. The second-order valence-corrected chi connectivity index (χ2v) is 8.40. The number of benzene rings is 2. The predicted octanol–water partition coefficient (Wildman–Crippen LogP) is 3.22. The van der Waals surface area contributed by atoms with Crippen molar-refractivity contribution in [3.05, 3.63) is 64.2 Å². The lowest BCUT2D eigenvalue weighted by molar-refractivity contribution is -0.136. The van der Waals surface area contributed by atoms with E-state index in [0.29, 0.717) is 12.2 Å². The minimum atomic E-state index is -1.54. The van der Waals surface area contributed by atoms with Crippen LogP contribution in [-0.2, 0) is 11.2 Å². The largest absolute Gasteiger partial charge is 0.493 e. The van der Waals surface area contributed by atoms with Crippen molar-refractivity contribution in [3.63, 3.8) is 0 Å². The number of halogens is 3. The normalized spacial score (nSPS) is 24.1. The van der Waals surface area contributed by atoms with Crippen LogP contribution >= 0.6 is 11.6 Å². The van der Waals surface area contributed by atoms with E-state index in [2.05, 4.69) is 5.32 Å². The molecule has 31 heavy (non-hydrogen) atoms. The van der Waals surface area contributed by atoms with Crippen LogP contribution < -0.4 is 15.8 Å². The molecule has 2 aliphatic heterocycles. The molecule has 6 nitrogen and oxygen atoms in total. The van der Waals surface area contributed by atoms with E-state index in [-0.39, 0.29) is 25.3 Å². The number of hydrogen-bond acceptors (Lipinski definition) is 3. The minimum absolute atomic E-state index is 0.0326. The van der Waals surface area contributed by atoms with Crippen molar-refractivity contribution in [2.45, 2.75) is 24.8 Å². The third kappa shape index (κ3) is 3.48. The molecule has 2 aromatic rings. The number of para-hydroxylation sites is 1. The molecular weight excluding hydrogens is 428 g/mol. The maximum atomic E-state index is 15.3. The molecule has 0 aromatic heterocycles. The van der Waals surface area contributed by atoms with Gasteiger partial charge in [0.2, 0.25) is 5.91 Å². The smallest absolute Gasteiger partial charge is 0.315 e. The Balaban J connectivity index is 1.89. The Bertz CT molecular complexity index is 1050. The molecule has 1 fully saturated rings. The van der Waals surface area contributed by atoms with E-state index in [1.807, 2.05) is 24.3 Å². The summed E-state index contributed by atoms with van der Waals surface area (Å²) in [6.45, 7) is 2.11. The number of nitrogens with one attached hydrogen (secondary N) is 1. The molecule has 0 radical (unpaired) electrons. The Morgan fingerprint density at radius 3 is 2.81 bits per heavy atom. The van der Waals surface area contributed by atoms with Gasteiger partial charge in [-0.15, -0.1) is 0 Å². The standard InChI is InChI=1S/C22H22ClF2N3O3/c1-22(20(29)27-8-9-28(22)21(26)30)17(14-6-7-15(24)18(23)19(14)25)13-10-12-4-2-3-5-16(12)31-11-13/h2-7,13,17H,8-11H2,1H3,(H2,26,30)(H,27,29)/t13-,17-,22?/m0/s1. The van der Waals surface area contributed by atoms with Gasteiger partial charge < -0.3 is 20.7 Å². The SMILES string of the molecule is CC1([C@H](c2ccc(F)c(Cl)c2F)[C@@H]2COc3ccccc3C2)C(=O)NCCN1C(N)=O. The summed E-state index contributed by atoms with van der Waals surface area (Å²) in [5.41, 5.74) is 5.00. The summed E-state index contributed by atoms with van der Waals surface area (Å²) in [5, 5.41) is 2.09. The van der Waals surface area contributed by atoms with Gasteiger partial charge in [-0.1, -0.05) is 35.9 Å². The summed E-state index contributed by atoms with van der Waals surface area (Å²) in [5.74, 6) is -2.94. The first-order chi connectivity index (χ1) is 14.7. The summed E-state index contributed by atoms with van der Waals surface area (Å²) >= 11 is 5.88. The molecule has 1 unspecified atom stereocenters. The van der Waals surface area contributed by atoms with Gasteiger partial charge in [0.1, 0.15) is 27.9 Å². The van der Waals surface area contributed by atoms with E-state index < -0.39 is 46.0 Å². The van der Waals surface area contributed by atoms with Gasteiger partial charge in [0.05, 0.1) is 6.61 Å². The molecule has 0 saturated carbocycles. The van der Waals surface area contributed by atoms with Gasteiger partial charge >= 0.3 is 6.03 Å².